The van der Waals surface area contributed by atoms with Crippen molar-refractivity contribution in [3.63, 3.8) is 0 Å². The summed E-state index contributed by atoms with van der Waals surface area (Å²) in [6, 6.07) is 28.7. The second kappa shape index (κ2) is 12.5. The van der Waals surface area contributed by atoms with Gasteiger partial charge in [0.05, 0.1) is 0 Å². The molecule has 43 heavy (non-hydrogen) atoms. The highest BCUT2D eigenvalue weighted by atomic mass is 32.2. The quantitative estimate of drug-likeness (QED) is 0.185. The van der Waals surface area contributed by atoms with Crippen molar-refractivity contribution >= 4 is 35.1 Å². The molecule has 6 rings (SSSR count). The van der Waals surface area contributed by atoms with Gasteiger partial charge in [-0.3, -0.25) is 9.59 Å². The van der Waals surface area contributed by atoms with Gasteiger partial charge in [0.15, 0.2) is 11.6 Å². The van der Waals surface area contributed by atoms with Gasteiger partial charge in [0.1, 0.15) is 0 Å². The average molecular weight is 605 g/mol. The molecule has 0 radical (unpaired) electrons. The van der Waals surface area contributed by atoms with Crippen molar-refractivity contribution < 1.29 is 9.59 Å². The van der Waals surface area contributed by atoms with Gasteiger partial charge in [-0.05, 0) is 90.5 Å². The largest absolute Gasteiger partial charge is 0.289 e. The minimum atomic E-state index is -0.0736. The van der Waals surface area contributed by atoms with Crippen molar-refractivity contribution in [2.75, 3.05) is 0 Å². The van der Waals surface area contributed by atoms with E-state index in [1.807, 2.05) is 24.3 Å². The Hall–Kier alpha value is -3.08. The Morgan fingerprint density at radius 3 is 1.60 bits per heavy atom. The van der Waals surface area contributed by atoms with Crippen LogP contribution in [0, 0.1) is 5.92 Å². The molecule has 4 heteroatoms. The SMILES string of the molecule is CCCC1CCC(c2ccc(Sc3cccc4c3C(=O)c3cccc(Sc5ccc(C(C)(C)C)cc5)c3C4=O)cc2)CC1. The first kappa shape index (κ1) is 30.0. The maximum absolute atomic E-state index is 14.0. The van der Waals surface area contributed by atoms with Crippen molar-refractivity contribution in [1.29, 1.82) is 0 Å². The number of hydrogen-bond donors (Lipinski definition) is 0. The summed E-state index contributed by atoms with van der Waals surface area (Å²) in [5.41, 5.74) is 4.81. The Kier molecular flexibility index (Phi) is 8.71. The molecule has 0 amide bonds. The van der Waals surface area contributed by atoms with E-state index in [9.17, 15) is 9.59 Å². The number of hydrogen-bond acceptors (Lipinski definition) is 4. The third-order valence-electron chi connectivity index (χ3n) is 9.07. The molecule has 0 aliphatic heterocycles. The lowest BCUT2D eigenvalue weighted by Crippen LogP contribution is -2.22. The van der Waals surface area contributed by atoms with E-state index in [1.165, 1.54) is 49.7 Å². The number of carbonyl (C=O) groups is 2. The van der Waals surface area contributed by atoms with Crippen LogP contribution in [-0.4, -0.2) is 11.6 Å². The van der Waals surface area contributed by atoms with E-state index in [4.69, 9.17) is 0 Å². The standard InChI is InChI=1S/C39H40O2S2/c1-5-8-25-13-15-26(16-14-25)27-17-21-29(22-18-27)42-33-11-6-9-31-35(33)37(40)32-10-7-12-34(36(32)38(31)41)43-30-23-19-28(20-24-30)39(2,3)4/h6-7,9-12,17-26H,5,8,13-16H2,1-4H3. The van der Waals surface area contributed by atoms with Crippen molar-refractivity contribution in [2.24, 2.45) is 5.92 Å². The average Bonchev–Trinajstić information content (AvgIpc) is 3.00. The number of rotatable bonds is 7. The fraction of sp³-hybridized carbons (Fsp3) is 0.333. The molecular weight excluding hydrogens is 565 g/mol. The van der Waals surface area contributed by atoms with Gasteiger partial charge < -0.3 is 0 Å². The van der Waals surface area contributed by atoms with E-state index < -0.39 is 0 Å². The molecule has 1 fully saturated rings. The lowest BCUT2D eigenvalue weighted by atomic mass is 9.77. The van der Waals surface area contributed by atoms with E-state index in [1.54, 1.807) is 35.7 Å². The van der Waals surface area contributed by atoms with Crippen LogP contribution in [-0.2, 0) is 5.41 Å². The van der Waals surface area contributed by atoms with E-state index in [0.29, 0.717) is 28.2 Å². The first-order chi connectivity index (χ1) is 20.7. The van der Waals surface area contributed by atoms with Crippen molar-refractivity contribution in [3.8, 4) is 0 Å². The van der Waals surface area contributed by atoms with E-state index in [-0.39, 0.29) is 17.0 Å². The van der Waals surface area contributed by atoms with Crippen LogP contribution in [0.15, 0.2) is 105 Å². The highest BCUT2D eigenvalue weighted by Gasteiger charge is 2.34. The Labute approximate surface area is 265 Å². The molecular formula is C39H40O2S2. The summed E-state index contributed by atoms with van der Waals surface area (Å²) in [4.78, 5) is 31.7. The van der Waals surface area contributed by atoms with Crippen molar-refractivity contribution in [3.05, 3.63) is 118 Å². The predicted molar refractivity (Wildman–Crippen MR) is 179 cm³/mol. The Morgan fingerprint density at radius 1 is 0.651 bits per heavy atom. The molecule has 0 heterocycles. The summed E-state index contributed by atoms with van der Waals surface area (Å²) >= 11 is 3.12. The van der Waals surface area contributed by atoms with Gasteiger partial charge >= 0.3 is 0 Å². The van der Waals surface area contributed by atoms with Crippen LogP contribution in [0.4, 0.5) is 0 Å². The van der Waals surface area contributed by atoms with Crippen LogP contribution in [0.25, 0.3) is 0 Å². The van der Waals surface area contributed by atoms with Crippen molar-refractivity contribution in [2.45, 2.75) is 97.1 Å². The molecule has 220 valence electrons. The molecule has 0 spiro atoms. The zero-order valence-electron chi connectivity index (χ0n) is 25.6. The fourth-order valence-electron chi connectivity index (χ4n) is 6.63. The molecule has 0 atom stereocenters. The Balaban J connectivity index is 1.23. The van der Waals surface area contributed by atoms with Gasteiger partial charge in [0.2, 0.25) is 0 Å². The van der Waals surface area contributed by atoms with E-state index in [2.05, 4.69) is 76.2 Å². The summed E-state index contributed by atoms with van der Waals surface area (Å²) in [6.45, 7) is 8.89. The topological polar surface area (TPSA) is 34.1 Å². The zero-order chi connectivity index (χ0) is 30.1. The maximum Gasteiger partial charge on any atom is 0.195 e. The van der Waals surface area contributed by atoms with Crippen molar-refractivity contribution in [1.82, 2.24) is 0 Å². The molecule has 2 aliphatic carbocycles. The number of carbonyl (C=O) groups excluding carboxylic acids is 2. The first-order valence-electron chi connectivity index (χ1n) is 15.6. The van der Waals surface area contributed by atoms with Gasteiger partial charge in [0.25, 0.3) is 0 Å². The summed E-state index contributed by atoms with van der Waals surface area (Å²) in [5, 5.41) is 0. The van der Waals surface area contributed by atoms with Crippen LogP contribution in [0.1, 0.15) is 115 Å². The maximum atomic E-state index is 14.0. The molecule has 0 unspecified atom stereocenters. The smallest absolute Gasteiger partial charge is 0.195 e. The Bertz CT molecular complexity index is 1640. The predicted octanol–water partition coefficient (Wildman–Crippen LogP) is 11.1. The second-order valence-corrected chi connectivity index (χ2v) is 15.3. The molecule has 4 aromatic rings. The van der Waals surface area contributed by atoms with Crippen LogP contribution in [0.5, 0.6) is 0 Å². The molecule has 0 N–H and O–H groups in total. The highest BCUT2D eigenvalue weighted by Crippen LogP contribution is 2.42. The van der Waals surface area contributed by atoms with Crippen LogP contribution in [0.2, 0.25) is 0 Å². The fourth-order valence-corrected chi connectivity index (χ4v) is 8.58. The van der Waals surface area contributed by atoms with Crippen LogP contribution < -0.4 is 0 Å². The van der Waals surface area contributed by atoms with Crippen LogP contribution in [0.3, 0.4) is 0 Å². The summed E-state index contributed by atoms with van der Waals surface area (Å²) in [6.07, 6.45) is 7.89. The zero-order valence-corrected chi connectivity index (χ0v) is 27.2. The van der Waals surface area contributed by atoms with Gasteiger partial charge in [0, 0.05) is 41.8 Å². The first-order valence-corrected chi connectivity index (χ1v) is 17.3. The van der Waals surface area contributed by atoms with Crippen LogP contribution >= 0.6 is 23.5 Å². The molecule has 2 nitrogen and oxygen atoms in total. The Morgan fingerprint density at radius 2 is 1.14 bits per heavy atom. The third-order valence-corrected chi connectivity index (χ3v) is 11.2. The van der Waals surface area contributed by atoms with Gasteiger partial charge in [-0.15, -0.1) is 0 Å². The minimum absolute atomic E-state index is 0.0707. The number of benzene rings is 4. The molecule has 0 bridgehead atoms. The van der Waals surface area contributed by atoms with Gasteiger partial charge in [-0.2, -0.15) is 0 Å². The summed E-state index contributed by atoms with van der Waals surface area (Å²) < 4.78 is 0. The minimum Gasteiger partial charge on any atom is -0.289 e. The van der Waals surface area contributed by atoms with Gasteiger partial charge in [-0.25, -0.2) is 0 Å². The molecule has 1 saturated carbocycles. The molecule has 0 aromatic heterocycles. The molecule has 2 aliphatic rings. The third kappa shape index (κ3) is 6.28. The lowest BCUT2D eigenvalue weighted by molar-refractivity contribution is 0.0974. The summed E-state index contributed by atoms with van der Waals surface area (Å²) in [5.74, 6) is 1.41. The second-order valence-electron chi connectivity index (χ2n) is 13.1. The summed E-state index contributed by atoms with van der Waals surface area (Å²) in [7, 11) is 0. The molecule has 4 aromatic carbocycles. The monoisotopic (exact) mass is 604 g/mol. The number of fused-ring (bicyclic) bond motifs is 2. The lowest BCUT2D eigenvalue weighted by Gasteiger charge is -2.28. The normalized spacial score (nSPS) is 18.3. The highest BCUT2D eigenvalue weighted by molar-refractivity contribution is 7.99. The van der Waals surface area contributed by atoms with E-state index >= 15 is 0 Å². The molecule has 0 saturated heterocycles. The van der Waals surface area contributed by atoms with E-state index in [0.717, 1.165) is 25.5 Å². The number of ketones is 2. The van der Waals surface area contributed by atoms with Gasteiger partial charge in [-0.1, -0.05) is 113 Å².